The van der Waals surface area contributed by atoms with Gasteiger partial charge in [0.2, 0.25) is 0 Å². The highest BCUT2D eigenvalue weighted by atomic mass is 16.2. The summed E-state index contributed by atoms with van der Waals surface area (Å²) < 4.78 is 0. The van der Waals surface area contributed by atoms with Crippen molar-refractivity contribution in [3.63, 3.8) is 0 Å². The Balaban J connectivity index is 1.42. The molecule has 1 fully saturated rings. The van der Waals surface area contributed by atoms with Crippen molar-refractivity contribution in [1.29, 1.82) is 5.26 Å². The van der Waals surface area contributed by atoms with Gasteiger partial charge in [-0.15, -0.1) is 0 Å². The highest BCUT2D eigenvalue weighted by Gasteiger charge is 2.25. The number of carbonyl (C=O) groups excluding carboxylic acids is 2. The molecule has 0 unspecified atom stereocenters. The van der Waals surface area contributed by atoms with Crippen LogP contribution < -0.4 is 5.32 Å². The van der Waals surface area contributed by atoms with Gasteiger partial charge < -0.3 is 10.2 Å². The van der Waals surface area contributed by atoms with E-state index >= 15 is 0 Å². The van der Waals surface area contributed by atoms with Crippen LogP contribution in [0.4, 0.5) is 5.69 Å². The number of benzene rings is 2. The molecule has 4 rings (SSSR count). The van der Waals surface area contributed by atoms with Crippen molar-refractivity contribution in [2.45, 2.75) is 25.7 Å². The summed E-state index contributed by atoms with van der Waals surface area (Å²) in [7, 11) is 0. The van der Waals surface area contributed by atoms with Crippen molar-refractivity contribution in [2.24, 2.45) is 0 Å². The van der Waals surface area contributed by atoms with Gasteiger partial charge in [0.1, 0.15) is 0 Å². The normalized spacial score (nSPS) is 13.9. The summed E-state index contributed by atoms with van der Waals surface area (Å²) in [5.41, 5.74) is 4.30. The van der Waals surface area contributed by atoms with Gasteiger partial charge in [-0.3, -0.25) is 9.59 Å². The molecule has 7 heteroatoms. The van der Waals surface area contributed by atoms with Crippen molar-refractivity contribution in [3.05, 3.63) is 88.7 Å². The van der Waals surface area contributed by atoms with Gasteiger partial charge in [0.05, 0.1) is 29.6 Å². The third-order valence-corrected chi connectivity index (χ3v) is 5.87. The minimum atomic E-state index is -0.296. The van der Waals surface area contributed by atoms with E-state index < -0.39 is 0 Å². The fourth-order valence-corrected chi connectivity index (χ4v) is 3.94. The lowest BCUT2D eigenvalue weighted by Gasteiger charge is -2.32. The van der Waals surface area contributed by atoms with Crippen LogP contribution >= 0.6 is 0 Å². The molecule has 1 N–H and O–H groups in total. The Morgan fingerprint density at radius 2 is 1.78 bits per heavy atom. The summed E-state index contributed by atoms with van der Waals surface area (Å²) in [5, 5.41) is 19.2. The number of carbonyl (C=O) groups is 2. The van der Waals surface area contributed by atoms with E-state index in [-0.39, 0.29) is 11.8 Å². The highest BCUT2D eigenvalue weighted by molar-refractivity contribution is 6.05. The second-order valence-electron chi connectivity index (χ2n) is 7.92. The van der Waals surface area contributed by atoms with Gasteiger partial charge in [0, 0.05) is 24.3 Å². The van der Waals surface area contributed by atoms with Gasteiger partial charge >= 0.3 is 0 Å². The molecule has 1 aliphatic heterocycles. The lowest BCUT2D eigenvalue weighted by molar-refractivity contribution is 0.0712. The molecule has 1 aliphatic rings. The van der Waals surface area contributed by atoms with Gasteiger partial charge in [0.15, 0.2) is 0 Å². The van der Waals surface area contributed by atoms with Gasteiger partial charge in [-0.25, -0.2) is 0 Å². The van der Waals surface area contributed by atoms with Crippen LogP contribution in [0.1, 0.15) is 56.2 Å². The molecule has 2 aromatic carbocycles. The molecular weight excluding hydrogens is 402 g/mol. The highest BCUT2D eigenvalue weighted by Crippen LogP contribution is 2.29. The summed E-state index contributed by atoms with van der Waals surface area (Å²) in [5.74, 6) is 0.0498. The summed E-state index contributed by atoms with van der Waals surface area (Å²) in [6.45, 7) is 3.22. The molecule has 3 aromatic rings. The van der Waals surface area contributed by atoms with E-state index in [2.05, 4.69) is 21.6 Å². The number of hydrogen-bond donors (Lipinski definition) is 1. The monoisotopic (exact) mass is 425 g/mol. The first-order chi connectivity index (χ1) is 15.5. The van der Waals surface area contributed by atoms with Gasteiger partial charge in [-0.05, 0) is 67.1 Å². The zero-order valence-corrected chi connectivity index (χ0v) is 17.8. The number of rotatable bonds is 4. The first-order valence-corrected chi connectivity index (χ1v) is 10.5. The van der Waals surface area contributed by atoms with Crippen molar-refractivity contribution < 1.29 is 9.59 Å². The molecule has 2 heterocycles. The average Bonchev–Trinajstić information content (AvgIpc) is 2.85. The molecule has 0 saturated carbocycles. The van der Waals surface area contributed by atoms with E-state index in [1.807, 2.05) is 42.2 Å². The molecule has 2 amide bonds. The molecule has 1 saturated heterocycles. The van der Waals surface area contributed by atoms with E-state index in [4.69, 9.17) is 5.26 Å². The topological polar surface area (TPSA) is 99.0 Å². The maximum Gasteiger partial charge on any atom is 0.257 e. The first-order valence-electron chi connectivity index (χ1n) is 10.5. The summed E-state index contributed by atoms with van der Waals surface area (Å²) in [6.07, 6.45) is 4.62. The fraction of sp³-hybridized carbons (Fsp3) is 0.240. The number of likely N-dealkylation sites (tertiary alicyclic amines) is 1. The smallest absolute Gasteiger partial charge is 0.257 e. The van der Waals surface area contributed by atoms with Gasteiger partial charge in [-0.1, -0.05) is 18.2 Å². The molecule has 0 atom stereocenters. The largest absolute Gasteiger partial charge is 0.339 e. The van der Waals surface area contributed by atoms with Crippen LogP contribution in [0.15, 0.2) is 60.9 Å². The molecule has 0 spiro atoms. The molecule has 0 bridgehead atoms. The molecular formula is C25H23N5O2. The van der Waals surface area contributed by atoms with Crippen molar-refractivity contribution in [2.75, 3.05) is 18.4 Å². The number of nitrogens with zero attached hydrogens (tertiary/aromatic N) is 4. The van der Waals surface area contributed by atoms with E-state index in [1.54, 1.807) is 18.2 Å². The third kappa shape index (κ3) is 4.65. The maximum absolute atomic E-state index is 13.1. The Labute approximate surface area is 186 Å². The Kier molecular flexibility index (Phi) is 6.22. The second kappa shape index (κ2) is 9.40. The standard InChI is InChI=1S/C25H23N5O2/c1-17-2-5-21(14-23(17)29-24(31)22-8-11-27-28-16-22)25(32)30-12-9-20(10-13-30)19-6-3-18(15-26)4-7-19/h2-8,11,14,16,20H,9-10,12-13H2,1H3,(H,29,31). The third-order valence-electron chi connectivity index (χ3n) is 5.87. The lowest BCUT2D eigenvalue weighted by Crippen LogP contribution is -2.38. The number of nitrogens with one attached hydrogen (secondary N) is 1. The first kappa shape index (κ1) is 21.2. The number of hydrogen-bond acceptors (Lipinski definition) is 5. The summed E-state index contributed by atoms with van der Waals surface area (Å²) >= 11 is 0. The van der Waals surface area contributed by atoms with Crippen molar-refractivity contribution in [1.82, 2.24) is 15.1 Å². The molecule has 1 aromatic heterocycles. The van der Waals surface area contributed by atoms with Crippen molar-refractivity contribution >= 4 is 17.5 Å². The average molecular weight is 425 g/mol. The zero-order valence-electron chi connectivity index (χ0n) is 17.8. The zero-order chi connectivity index (χ0) is 22.5. The van der Waals surface area contributed by atoms with Gasteiger partial charge in [0.25, 0.3) is 11.8 Å². The number of nitriles is 1. The predicted molar refractivity (Wildman–Crippen MR) is 120 cm³/mol. The minimum Gasteiger partial charge on any atom is -0.339 e. The van der Waals surface area contributed by atoms with E-state index in [9.17, 15) is 9.59 Å². The van der Waals surface area contributed by atoms with Crippen LogP contribution in [0.5, 0.6) is 0 Å². The fourth-order valence-electron chi connectivity index (χ4n) is 3.94. The van der Waals surface area contributed by atoms with Crippen LogP contribution in [0.25, 0.3) is 0 Å². The van der Waals surface area contributed by atoms with Gasteiger partial charge in [-0.2, -0.15) is 15.5 Å². The van der Waals surface area contributed by atoms with Crippen LogP contribution in [0.3, 0.4) is 0 Å². The van der Waals surface area contributed by atoms with Crippen LogP contribution in [-0.4, -0.2) is 40.0 Å². The molecule has 0 radical (unpaired) electrons. The molecule has 160 valence electrons. The SMILES string of the molecule is Cc1ccc(C(=O)N2CCC(c3ccc(C#N)cc3)CC2)cc1NC(=O)c1ccnnc1. The second-order valence-corrected chi connectivity index (χ2v) is 7.92. The van der Waals surface area contributed by atoms with E-state index in [0.717, 1.165) is 18.4 Å². The Morgan fingerprint density at radius 1 is 1.03 bits per heavy atom. The number of aromatic nitrogens is 2. The Bertz CT molecular complexity index is 1160. The molecule has 0 aliphatic carbocycles. The van der Waals surface area contributed by atoms with E-state index in [1.165, 1.54) is 18.0 Å². The molecule has 32 heavy (non-hydrogen) atoms. The van der Waals surface area contributed by atoms with E-state index in [0.29, 0.717) is 41.4 Å². The Hall–Kier alpha value is -4.05. The van der Waals surface area contributed by atoms with Crippen LogP contribution in [0, 0.1) is 18.3 Å². The summed E-state index contributed by atoms with van der Waals surface area (Å²) in [4.78, 5) is 27.4. The summed E-state index contributed by atoms with van der Waals surface area (Å²) in [6, 6.07) is 16.8. The maximum atomic E-state index is 13.1. The predicted octanol–water partition coefficient (Wildman–Crippen LogP) is 3.93. The van der Waals surface area contributed by atoms with Crippen LogP contribution in [-0.2, 0) is 0 Å². The lowest BCUT2D eigenvalue weighted by atomic mass is 9.89. The van der Waals surface area contributed by atoms with Crippen molar-refractivity contribution in [3.8, 4) is 6.07 Å². The number of amides is 2. The minimum absolute atomic E-state index is 0.0376. The number of piperidine rings is 1. The molecule has 7 nitrogen and oxygen atoms in total. The Morgan fingerprint density at radius 3 is 2.44 bits per heavy atom. The van der Waals surface area contributed by atoms with Crippen LogP contribution in [0.2, 0.25) is 0 Å². The quantitative estimate of drug-likeness (QED) is 0.683. The number of aryl methyl sites for hydroxylation is 1. The number of anilines is 1.